The van der Waals surface area contributed by atoms with Crippen molar-refractivity contribution in [2.24, 2.45) is 5.92 Å². The highest BCUT2D eigenvalue weighted by molar-refractivity contribution is 6.25. The number of nitrogens with two attached hydrogens (primary N) is 1. The zero-order valence-corrected chi connectivity index (χ0v) is 14.1. The summed E-state index contributed by atoms with van der Waals surface area (Å²) in [6, 6.07) is 12.5. The van der Waals surface area contributed by atoms with Gasteiger partial charge >= 0.3 is 0 Å². The fourth-order valence-electron chi connectivity index (χ4n) is 3.88. The van der Waals surface area contributed by atoms with Crippen LogP contribution in [0.3, 0.4) is 0 Å². The fraction of sp³-hybridized carbons (Fsp3) is 0.556. The average molecular weight is 334 g/mol. The summed E-state index contributed by atoms with van der Waals surface area (Å²) in [6.45, 7) is 6.66. The second-order valence-corrected chi connectivity index (χ2v) is 6.89. The monoisotopic (exact) mass is 334 g/mol. The molecule has 0 saturated carbocycles. The van der Waals surface area contributed by atoms with Crippen LogP contribution in [-0.2, 0) is 16.0 Å². The summed E-state index contributed by atoms with van der Waals surface area (Å²) in [5.74, 6) is -3.37. The first-order valence-corrected chi connectivity index (χ1v) is 8.60. The number of aliphatic carboxylic acids is 2. The molecule has 0 aliphatic carbocycles. The van der Waals surface area contributed by atoms with E-state index in [0.717, 1.165) is 18.0 Å². The fourth-order valence-corrected chi connectivity index (χ4v) is 3.88. The van der Waals surface area contributed by atoms with Crippen LogP contribution in [0.4, 0.5) is 0 Å². The Morgan fingerprint density at radius 2 is 1.75 bits per heavy atom. The van der Waals surface area contributed by atoms with Gasteiger partial charge < -0.3 is 30.0 Å². The Bertz CT molecular complexity index is 529. The zero-order valence-electron chi connectivity index (χ0n) is 14.1. The molecule has 3 saturated heterocycles. The molecule has 0 spiro atoms. The van der Waals surface area contributed by atoms with E-state index in [2.05, 4.69) is 42.6 Å². The number of piperidine rings is 3. The zero-order chi connectivity index (χ0) is 17.5. The molecule has 24 heavy (non-hydrogen) atoms. The van der Waals surface area contributed by atoms with Gasteiger partial charge in [0.2, 0.25) is 0 Å². The maximum atomic E-state index is 8.93. The lowest BCUT2D eigenvalue weighted by Crippen LogP contribution is -3.21. The molecular formula is C18H26N2O4. The maximum absolute atomic E-state index is 8.93. The normalized spacial score (nSPS) is 26.1. The molecule has 2 unspecified atom stereocenters. The van der Waals surface area contributed by atoms with Gasteiger partial charge in [-0.25, -0.2) is 0 Å². The molecule has 2 atom stereocenters. The Morgan fingerprint density at radius 1 is 1.17 bits per heavy atom. The molecule has 4 rings (SSSR count). The smallest absolute Gasteiger partial charge is 0.139 e. The van der Waals surface area contributed by atoms with Gasteiger partial charge in [0.05, 0.1) is 31.1 Å². The number of carbonyl (C=O) groups excluding carboxylic acids is 2. The lowest BCUT2D eigenvalue weighted by molar-refractivity contribution is -0.944. The molecule has 1 aromatic carbocycles. The number of carboxylic acids is 2. The molecule has 3 N–H and O–H groups in total. The largest absolute Gasteiger partial charge is 0.543 e. The molecule has 0 radical (unpaired) electrons. The molecule has 132 valence electrons. The van der Waals surface area contributed by atoms with E-state index in [9.17, 15) is 0 Å². The summed E-state index contributed by atoms with van der Waals surface area (Å²) in [7, 11) is 0. The van der Waals surface area contributed by atoms with Crippen molar-refractivity contribution in [3.8, 4) is 0 Å². The van der Waals surface area contributed by atoms with Gasteiger partial charge in [-0.3, -0.25) is 0 Å². The van der Waals surface area contributed by atoms with Crippen LogP contribution in [0.15, 0.2) is 30.3 Å². The Kier molecular flexibility index (Phi) is 6.75. The summed E-state index contributed by atoms with van der Waals surface area (Å²) in [6.07, 6.45) is 4.14. The van der Waals surface area contributed by atoms with Gasteiger partial charge in [-0.1, -0.05) is 30.3 Å². The van der Waals surface area contributed by atoms with Crippen molar-refractivity contribution in [3.05, 3.63) is 35.9 Å². The van der Waals surface area contributed by atoms with E-state index in [1.807, 2.05) is 4.90 Å². The van der Waals surface area contributed by atoms with Gasteiger partial charge in [-0.15, -0.1) is 0 Å². The molecule has 2 bridgehead atoms. The van der Waals surface area contributed by atoms with Crippen molar-refractivity contribution in [2.45, 2.75) is 38.3 Å². The number of carbonyl (C=O) groups is 2. The van der Waals surface area contributed by atoms with Crippen LogP contribution in [0.25, 0.3) is 0 Å². The predicted molar refractivity (Wildman–Crippen MR) is 83.6 cm³/mol. The Labute approximate surface area is 142 Å². The number of hydrogen-bond acceptors (Lipinski definition) is 4. The minimum Gasteiger partial charge on any atom is -0.543 e. The van der Waals surface area contributed by atoms with Crippen molar-refractivity contribution in [1.82, 2.24) is 0 Å². The van der Waals surface area contributed by atoms with Gasteiger partial charge in [-0.05, 0) is 12.5 Å². The number of hydrogen-bond donors (Lipinski definition) is 2. The van der Waals surface area contributed by atoms with Crippen LogP contribution in [0.5, 0.6) is 0 Å². The first kappa shape index (κ1) is 18.4. The summed E-state index contributed by atoms with van der Waals surface area (Å²) in [4.78, 5) is 19.7. The summed E-state index contributed by atoms with van der Waals surface area (Å²) >= 11 is 0. The van der Waals surface area contributed by atoms with Crippen molar-refractivity contribution < 1.29 is 30.0 Å². The first-order valence-electron chi connectivity index (χ1n) is 8.60. The minimum absolute atomic E-state index is 0.720. The van der Waals surface area contributed by atoms with Crippen LogP contribution in [0.2, 0.25) is 0 Å². The van der Waals surface area contributed by atoms with Gasteiger partial charge in [0, 0.05) is 25.2 Å². The number of benzene rings is 1. The third kappa shape index (κ3) is 5.62. The molecule has 0 amide bonds. The van der Waals surface area contributed by atoms with Crippen LogP contribution in [0.1, 0.15) is 25.3 Å². The van der Waals surface area contributed by atoms with E-state index in [-0.39, 0.29) is 0 Å². The molecule has 6 heteroatoms. The highest BCUT2D eigenvalue weighted by Gasteiger charge is 2.40. The third-order valence-corrected chi connectivity index (χ3v) is 5.01. The Balaban J connectivity index is 0.000000301. The number of carboxylic acid groups (broad SMARTS) is 2. The number of rotatable bonds is 4. The van der Waals surface area contributed by atoms with Crippen LogP contribution in [0, 0.1) is 5.92 Å². The predicted octanol–water partition coefficient (Wildman–Crippen LogP) is -3.66. The van der Waals surface area contributed by atoms with E-state index in [1.54, 1.807) is 0 Å². The number of nitrogens with one attached hydrogen (secondary N) is 1. The summed E-state index contributed by atoms with van der Waals surface area (Å²) < 4.78 is 0. The van der Waals surface area contributed by atoms with E-state index in [0.29, 0.717) is 0 Å². The lowest BCUT2D eigenvalue weighted by atomic mass is 9.83. The van der Waals surface area contributed by atoms with Gasteiger partial charge in [0.1, 0.15) is 12.6 Å². The molecule has 3 aliphatic heterocycles. The van der Waals surface area contributed by atoms with E-state index in [1.165, 1.54) is 44.5 Å². The van der Waals surface area contributed by atoms with Crippen LogP contribution in [-0.4, -0.2) is 43.7 Å². The molecule has 6 nitrogen and oxygen atoms in total. The standard InChI is InChI=1S/C16H24N2.C2H2O4/c1-13(11-14-5-3-2-4-6-14)17-16-12-18-9-7-15(16)8-10-18;3-1(4)2(5)6/h2-6,13,15-17H,7-12H2,1H3;(H,3,4)(H,5,6). The topological polar surface area (TPSA) is 101 Å². The van der Waals surface area contributed by atoms with E-state index in [4.69, 9.17) is 19.8 Å². The second-order valence-electron chi connectivity index (χ2n) is 6.89. The third-order valence-electron chi connectivity index (χ3n) is 5.01. The number of quaternary nitrogens is 2. The Hall–Kier alpha value is -1.92. The SMILES string of the molecule is CC(Cc1ccccc1)[NH2+]C1C[NH+]2CCC1CC2.O=C([O-])C(=O)[O-]. The highest BCUT2D eigenvalue weighted by Crippen LogP contribution is 2.16. The second kappa shape index (κ2) is 8.80. The van der Waals surface area contributed by atoms with E-state index < -0.39 is 11.9 Å². The molecule has 3 fully saturated rings. The van der Waals surface area contributed by atoms with Crippen molar-refractivity contribution in [2.75, 3.05) is 19.6 Å². The molecule has 3 heterocycles. The van der Waals surface area contributed by atoms with Crippen LogP contribution < -0.4 is 20.4 Å². The van der Waals surface area contributed by atoms with Crippen molar-refractivity contribution >= 4 is 11.9 Å². The summed E-state index contributed by atoms with van der Waals surface area (Å²) in [5, 5.41) is 20.5. The summed E-state index contributed by atoms with van der Waals surface area (Å²) in [5.41, 5.74) is 1.48. The highest BCUT2D eigenvalue weighted by atomic mass is 16.4. The van der Waals surface area contributed by atoms with Crippen molar-refractivity contribution in [3.63, 3.8) is 0 Å². The minimum atomic E-state index is -2.19. The number of fused-ring (bicyclic) bond motifs is 3. The molecule has 1 aromatic rings. The maximum Gasteiger partial charge on any atom is 0.139 e. The van der Waals surface area contributed by atoms with Crippen LogP contribution >= 0.6 is 0 Å². The molecular weight excluding hydrogens is 308 g/mol. The molecule has 3 aliphatic rings. The van der Waals surface area contributed by atoms with Gasteiger partial charge in [0.15, 0.2) is 0 Å². The Morgan fingerprint density at radius 3 is 2.21 bits per heavy atom. The quantitative estimate of drug-likeness (QED) is 0.554. The molecule has 0 aromatic heterocycles. The van der Waals surface area contributed by atoms with Gasteiger partial charge in [0.25, 0.3) is 0 Å². The first-order chi connectivity index (χ1) is 11.5. The van der Waals surface area contributed by atoms with Gasteiger partial charge in [-0.2, -0.15) is 0 Å². The average Bonchev–Trinajstić information content (AvgIpc) is 2.57. The van der Waals surface area contributed by atoms with E-state index >= 15 is 0 Å². The van der Waals surface area contributed by atoms with Crippen molar-refractivity contribution in [1.29, 1.82) is 0 Å². The lowest BCUT2D eigenvalue weighted by Gasteiger charge is -2.40.